The monoisotopic (exact) mass is 226 g/mol. The summed E-state index contributed by atoms with van der Waals surface area (Å²) in [5, 5.41) is 3.56. The summed E-state index contributed by atoms with van der Waals surface area (Å²) < 4.78 is 6.05. The van der Waals surface area contributed by atoms with Crippen LogP contribution in [0.4, 0.5) is 0 Å². The highest BCUT2D eigenvalue weighted by atomic mass is 16.5. The van der Waals surface area contributed by atoms with E-state index in [2.05, 4.69) is 37.9 Å². The van der Waals surface area contributed by atoms with E-state index in [-0.39, 0.29) is 5.72 Å². The Morgan fingerprint density at radius 1 is 1.31 bits per heavy atom. The molecule has 16 heavy (non-hydrogen) atoms. The largest absolute Gasteiger partial charge is 0.356 e. The van der Waals surface area contributed by atoms with Gasteiger partial charge in [0.1, 0.15) is 5.72 Å². The summed E-state index contributed by atoms with van der Waals surface area (Å²) in [5.41, 5.74) is -0.0670. The molecule has 94 valence electrons. The van der Waals surface area contributed by atoms with Gasteiger partial charge in [0.05, 0.1) is 6.10 Å². The van der Waals surface area contributed by atoms with Gasteiger partial charge in [-0.15, -0.1) is 0 Å². The molecule has 2 heterocycles. The highest BCUT2D eigenvalue weighted by molar-refractivity contribution is 4.91. The first-order chi connectivity index (χ1) is 7.51. The maximum atomic E-state index is 6.05. The molecule has 2 rings (SSSR count). The van der Waals surface area contributed by atoms with Gasteiger partial charge in [-0.2, -0.15) is 0 Å². The predicted molar refractivity (Wildman–Crippen MR) is 66.4 cm³/mol. The van der Waals surface area contributed by atoms with Gasteiger partial charge < -0.3 is 9.64 Å². The predicted octanol–water partition coefficient (Wildman–Crippen LogP) is 1.83. The van der Waals surface area contributed by atoms with E-state index in [0.717, 1.165) is 6.54 Å². The Labute approximate surface area is 99.5 Å². The third kappa shape index (κ3) is 2.41. The molecule has 0 aromatic rings. The van der Waals surface area contributed by atoms with E-state index in [9.17, 15) is 0 Å². The minimum absolute atomic E-state index is 0.0670. The van der Waals surface area contributed by atoms with Crippen LogP contribution in [0.3, 0.4) is 0 Å². The number of likely N-dealkylation sites (tertiary alicyclic amines) is 1. The Morgan fingerprint density at radius 3 is 2.38 bits per heavy atom. The van der Waals surface area contributed by atoms with E-state index in [1.807, 2.05) is 0 Å². The summed E-state index contributed by atoms with van der Waals surface area (Å²) in [4.78, 5) is 2.57. The molecule has 1 N–H and O–H groups in total. The lowest BCUT2D eigenvalue weighted by Gasteiger charge is -2.41. The second kappa shape index (κ2) is 4.63. The van der Waals surface area contributed by atoms with Crippen LogP contribution >= 0.6 is 0 Å². The third-order valence-corrected chi connectivity index (χ3v) is 4.23. The minimum atomic E-state index is -0.0670. The van der Waals surface area contributed by atoms with E-state index in [0.29, 0.717) is 18.1 Å². The number of rotatable bonds is 2. The quantitative estimate of drug-likeness (QED) is 0.777. The minimum Gasteiger partial charge on any atom is -0.356 e. The zero-order valence-corrected chi connectivity index (χ0v) is 11.1. The molecule has 2 saturated heterocycles. The van der Waals surface area contributed by atoms with Gasteiger partial charge in [-0.3, -0.25) is 5.32 Å². The summed E-state index contributed by atoms with van der Waals surface area (Å²) >= 11 is 0. The van der Waals surface area contributed by atoms with Crippen molar-refractivity contribution in [3.63, 3.8) is 0 Å². The molecule has 0 amide bonds. The number of nitrogens with zero attached hydrogens (tertiary/aromatic N) is 1. The van der Waals surface area contributed by atoms with Crippen molar-refractivity contribution >= 4 is 0 Å². The van der Waals surface area contributed by atoms with Crippen molar-refractivity contribution < 1.29 is 4.74 Å². The van der Waals surface area contributed by atoms with Crippen molar-refractivity contribution in [2.75, 3.05) is 19.6 Å². The van der Waals surface area contributed by atoms with Crippen LogP contribution in [-0.2, 0) is 4.74 Å². The number of hydrogen-bond donors (Lipinski definition) is 1. The second-order valence-electron chi connectivity index (χ2n) is 5.82. The first-order valence-corrected chi connectivity index (χ1v) is 6.68. The van der Waals surface area contributed by atoms with E-state index >= 15 is 0 Å². The third-order valence-electron chi connectivity index (χ3n) is 4.23. The Morgan fingerprint density at radius 2 is 1.94 bits per heavy atom. The van der Waals surface area contributed by atoms with Gasteiger partial charge in [-0.1, -0.05) is 0 Å². The first kappa shape index (κ1) is 12.3. The summed E-state index contributed by atoms with van der Waals surface area (Å²) in [6.07, 6.45) is 2.89. The fourth-order valence-electron chi connectivity index (χ4n) is 3.05. The lowest BCUT2D eigenvalue weighted by atomic mass is 9.87. The molecule has 2 aliphatic rings. The van der Waals surface area contributed by atoms with Crippen LogP contribution in [0.2, 0.25) is 0 Å². The Balaban J connectivity index is 1.89. The van der Waals surface area contributed by atoms with Gasteiger partial charge in [-0.25, -0.2) is 0 Å². The van der Waals surface area contributed by atoms with Crippen molar-refractivity contribution in [1.29, 1.82) is 0 Å². The summed E-state index contributed by atoms with van der Waals surface area (Å²) in [7, 11) is 0. The topological polar surface area (TPSA) is 24.5 Å². The smallest absolute Gasteiger partial charge is 0.119 e. The van der Waals surface area contributed by atoms with E-state index < -0.39 is 0 Å². The second-order valence-corrected chi connectivity index (χ2v) is 5.82. The van der Waals surface area contributed by atoms with Crippen molar-refractivity contribution in [2.45, 2.75) is 58.4 Å². The molecule has 0 saturated carbocycles. The Kier molecular flexibility index (Phi) is 3.57. The number of piperidine rings is 1. The lowest BCUT2D eigenvalue weighted by Crippen LogP contribution is -2.50. The summed E-state index contributed by atoms with van der Waals surface area (Å²) in [6.45, 7) is 12.4. The normalized spacial score (nSPS) is 38.4. The molecule has 0 bridgehead atoms. The molecule has 3 nitrogen and oxygen atoms in total. The zero-order chi connectivity index (χ0) is 11.8. The van der Waals surface area contributed by atoms with Gasteiger partial charge in [0, 0.05) is 18.5 Å². The molecule has 0 aromatic carbocycles. The van der Waals surface area contributed by atoms with E-state index in [1.54, 1.807) is 0 Å². The van der Waals surface area contributed by atoms with Crippen LogP contribution in [0.15, 0.2) is 0 Å². The molecule has 2 aliphatic heterocycles. The zero-order valence-electron chi connectivity index (χ0n) is 11.1. The van der Waals surface area contributed by atoms with E-state index in [1.165, 1.54) is 25.9 Å². The van der Waals surface area contributed by atoms with Crippen molar-refractivity contribution in [3.8, 4) is 0 Å². The fraction of sp³-hybridized carbons (Fsp3) is 1.00. The van der Waals surface area contributed by atoms with Crippen LogP contribution in [0.25, 0.3) is 0 Å². The molecular weight excluding hydrogens is 200 g/mol. The summed E-state index contributed by atoms with van der Waals surface area (Å²) in [5.74, 6) is 0.674. The number of nitrogens with one attached hydrogen (secondary N) is 1. The van der Waals surface area contributed by atoms with Gasteiger partial charge in [-0.05, 0) is 53.6 Å². The van der Waals surface area contributed by atoms with Crippen LogP contribution in [0.5, 0.6) is 0 Å². The maximum absolute atomic E-state index is 6.05. The molecule has 0 spiro atoms. The average Bonchev–Trinajstić information content (AvgIpc) is 2.60. The molecule has 0 aliphatic carbocycles. The number of hydrogen-bond acceptors (Lipinski definition) is 3. The SMILES string of the molecule is CC1CNC(C)(C2CCN(C(C)C)CC2)O1. The standard InChI is InChI=1S/C13H26N2O/c1-10(2)15-7-5-12(6-8-15)13(4)14-9-11(3)16-13/h10-12,14H,5-9H2,1-4H3. The van der Waals surface area contributed by atoms with Crippen molar-refractivity contribution in [3.05, 3.63) is 0 Å². The molecule has 2 fully saturated rings. The van der Waals surface area contributed by atoms with Crippen LogP contribution in [0.1, 0.15) is 40.5 Å². The Hall–Kier alpha value is -0.120. The van der Waals surface area contributed by atoms with Gasteiger partial charge in [0.2, 0.25) is 0 Å². The molecular formula is C13H26N2O. The molecule has 2 atom stereocenters. The van der Waals surface area contributed by atoms with Crippen molar-refractivity contribution in [1.82, 2.24) is 10.2 Å². The van der Waals surface area contributed by atoms with Crippen molar-refractivity contribution in [2.24, 2.45) is 5.92 Å². The maximum Gasteiger partial charge on any atom is 0.119 e. The molecule has 0 aromatic heterocycles. The number of ether oxygens (including phenoxy) is 1. The average molecular weight is 226 g/mol. The Bertz CT molecular complexity index is 236. The van der Waals surface area contributed by atoms with Crippen LogP contribution < -0.4 is 5.32 Å². The van der Waals surface area contributed by atoms with Gasteiger partial charge >= 0.3 is 0 Å². The lowest BCUT2D eigenvalue weighted by molar-refractivity contribution is -0.0884. The van der Waals surface area contributed by atoms with Crippen LogP contribution in [-0.4, -0.2) is 42.4 Å². The summed E-state index contributed by atoms with van der Waals surface area (Å²) in [6, 6.07) is 0.685. The fourth-order valence-corrected chi connectivity index (χ4v) is 3.05. The first-order valence-electron chi connectivity index (χ1n) is 6.68. The molecule has 2 unspecified atom stereocenters. The van der Waals surface area contributed by atoms with Crippen LogP contribution in [0, 0.1) is 5.92 Å². The molecule has 0 radical (unpaired) electrons. The van der Waals surface area contributed by atoms with E-state index in [4.69, 9.17) is 4.74 Å². The molecule has 3 heteroatoms. The van der Waals surface area contributed by atoms with Gasteiger partial charge in [0.25, 0.3) is 0 Å². The van der Waals surface area contributed by atoms with Gasteiger partial charge in [0.15, 0.2) is 0 Å². The highest BCUT2D eigenvalue weighted by Gasteiger charge is 2.42. The highest BCUT2D eigenvalue weighted by Crippen LogP contribution is 2.33.